The highest BCUT2D eigenvalue weighted by atomic mass is 28.4. The normalized spacial score (nSPS) is 20.6. The van der Waals surface area contributed by atoms with Crippen molar-refractivity contribution in [3.8, 4) is 0 Å². The Morgan fingerprint density at radius 2 is 1.50 bits per heavy atom. The van der Waals surface area contributed by atoms with Crippen molar-refractivity contribution in [2.45, 2.75) is 38.3 Å². The van der Waals surface area contributed by atoms with Gasteiger partial charge in [-0.05, 0) is 21.8 Å². The van der Waals surface area contributed by atoms with Crippen molar-refractivity contribution in [2.75, 3.05) is 20.2 Å². The molecule has 3 rings (SSSR count). The lowest BCUT2D eigenvalue weighted by Crippen LogP contribution is -2.68. The SMILES string of the molecule is COC(=O)[C@@H]1CNC[C@H](O[Si](c2ccccc2)(c2ccccc2)C(C)(C)C)C1. The van der Waals surface area contributed by atoms with E-state index in [4.69, 9.17) is 9.16 Å². The number of esters is 1. The van der Waals surface area contributed by atoms with E-state index in [9.17, 15) is 4.79 Å². The number of nitrogens with one attached hydrogen (secondary N) is 1. The van der Waals surface area contributed by atoms with Crippen molar-refractivity contribution < 1.29 is 14.0 Å². The highest BCUT2D eigenvalue weighted by Gasteiger charge is 2.51. The second-order valence-corrected chi connectivity index (χ2v) is 12.8. The Labute approximate surface area is 169 Å². The molecule has 1 saturated heterocycles. The summed E-state index contributed by atoms with van der Waals surface area (Å²) in [4.78, 5) is 12.1. The zero-order chi connectivity index (χ0) is 20.2. The molecule has 1 heterocycles. The third kappa shape index (κ3) is 4.07. The van der Waals surface area contributed by atoms with Crippen molar-refractivity contribution in [1.82, 2.24) is 5.32 Å². The summed E-state index contributed by atoms with van der Waals surface area (Å²) in [6, 6.07) is 21.2. The molecule has 1 aliphatic heterocycles. The summed E-state index contributed by atoms with van der Waals surface area (Å²) in [5.41, 5.74) is 0. The van der Waals surface area contributed by atoms with Crippen LogP contribution in [0.15, 0.2) is 60.7 Å². The summed E-state index contributed by atoms with van der Waals surface area (Å²) >= 11 is 0. The average molecular weight is 398 g/mol. The van der Waals surface area contributed by atoms with Crippen molar-refractivity contribution in [1.29, 1.82) is 0 Å². The Hall–Kier alpha value is -1.95. The third-order valence-electron chi connectivity index (χ3n) is 5.60. The van der Waals surface area contributed by atoms with E-state index in [2.05, 4.69) is 74.6 Å². The van der Waals surface area contributed by atoms with Crippen LogP contribution in [0, 0.1) is 5.92 Å². The monoisotopic (exact) mass is 397 g/mol. The van der Waals surface area contributed by atoms with Crippen LogP contribution in [0.2, 0.25) is 5.04 Å². The first-order valence-electron chi connectivity index (χ1n) is 9.96. The lowest BCUT2D eigenvalue weighted by molar-refractivity contribution is -0.147. The Kier molecular flexibility index (Phi) is 6.38. The molecule has 1 aliphatic rings. The van der Waals surface area contributed by atoms with Gasteiger partial charge in [-0.15, -0.1) is 0 Å². The number of methoxy groups -OCH3 is 1. The number of hydrogen-bond acceptors (Lipinski definition) is 4. The molecule has 28 heavy (non-hydrogen) atoms. The molecule has 2 aromatic rings. The van der Waals surface area contributed by atoms with E-state index in [0.29, 0.717) is 13.0 Å². The van der Waals surface area contributed by atoms with Crippen molar-refractivity contribution in [3.63, 3.8) is 0 Å². The Balaban J connectivity index is 2.05. The molecular weight excluding hydrogens is 366 g/mol. The van der Waals surface area contributed by atoms with Crippen molar-refractivity contribution in [3.05, 3.63) is 60.7 Å². The number of carbonyl (C=O) groups is 1. The molecule has 5 heteroatoms. The third-order valence-corrected chi connectivity index (χ3v) is 10.7. The van der Waals surface area contributed by atoms with Crippen LogP contribution in [0.3, 0.4) is 0 Å². The largest absolute Gasteiger partial charge is 0.469 e. The zero-order valence-electron chi connectivity index (χ0n) is 17.3. The van der Waals surface area contributed by atoms with Crippen LogP contribution >= 0.6 is 0 Å². The highest BCUT2D eigenvalue weighted by molar-refractivity contribution is 6.99. The molecule has 0 aromatic heterocycles. The number of hydrogen-bond donors (Lipinski definition) is 1. The van der Waals surface area contributed by atoms with E-state index in [1.807, 2.05) is 12.1 Å². The van der Waals surface area contributed by atoms with Gasteiger partial charge in [0.15, 0.2) is 0 Å². The van der Waals surface area contributed by atoms with Crippen LogP contribution in [0.25, 0.3) is 0 Å². The van der Waals surface area contributed by atoms with Crippen LogP contribution in [0.5, 0.6) is 0 Å². The van der Waals surface area contributed by atoms with Gasteiger partial charge in [-0.3, -0.25) is 4.79 Å². The minimum absolute atomic E-state index is 0.0378. The first-order valence-corrected chi connectivity index (χ1v) is 11.9. The molecule has 0 amide bonds. The van der Waals surface area contributed by atoms with Gasteiger partial charge >= 0.3 is 5.97 Å². The smallest absolute Gasteiger partial charge is 0.310 e. The lowest BCUT2D eigenvalue weighted by atomic mass is 9.98. The first kappa shape index (κ1) is 20.8. The van der Waals surface area contributed by atoms with Crippen molar-refractivity contribution in [2.24, 2.45) is 5.92 Å². The molecule has 2 atom stereocenters. The highest BCUT2D eigenvalue weighted by Crippen LogP contribution is 2.38. The maximum Gasteiger partial charge on any atom is 0.310 e. The van der Waals surface area contributed by atoms with Gasteiger partial charge in [0.05, 0.1) is 19.1 Å². The maximum absolute atomic E-state index is 12.1. The Morgan fingerprint density at radius 3 is 1.96 bits per heavy atom. The molecule has 0 saturated carbocycles. The molecule has 1 N–H and O–H groups in total. The quantitative estimate of drug-likeness (QED) is 0.623. The molecule has 0 unspecified atom stereocenters. The van der Waals surface area contributed by atoms with Gasteiger partial charge in [0.25, 0.3) is 8.32 Å². The Morgan fingerprint density at radius 1 is 0.964 bits per heavy atom. The minimum Gasteiger partial charge on any atom is -0.469 e. The number of ether oxygens (including phenoxy) is 1. The van der Waals surface area contributed by atoms with Gasteiger partial charge in [0.2, 0.25) is 0 Å². The molecule has 0 bridgehead atoms. The second kappa shape index (κ2) is 8.60. The molecule has 0 radical (unpaired) electrons. The fourth-order valence-corrected chi connectivity index (χ4v) is 8.97. The standard InChI is InChI=1S/C23H31NO3Si/c1-23(2,3)28(20-11-7-5-8-12-20,21-13-9-6-10-14-21)27-19-15-18(16-24-17-19)22(25)26-4/h5-14,18-19,24H,15-17H2,1-4H3/t18-,19+/m0/s1. The summed E-state index contributed by atoms with van der Waals surface area (Å²) in [7, 11) is -1.15. The van der Waals surface area contributed by atoms with Crippen LogP contribution in [0.1, 0.15) is 27.2 Å². The van der Waals surface area contributed by atoms with Crippen LogP contribution in [-0.2, 0) is 14.0 Å². The maximum atomic E-state index is 12.1. The number of rotatable bonds is 5. The van der Waals surface area contributed by atoms with Crippen molar-refractivity contribution >= 4 is 24.7 Å². The van der Waals surface area contributed by atoms with E-state index in [1.54, 1.807) is 0 Å². The molecule has 150 valence electrons. The van der Waals surface area contributed by atoms with Gasteiger partial charge in [-0.2, -0.15) is 0 Å². The number of benzene rings is 2. The average Bonchev–Trinajstić information content (AvgIpc) is 2.72. The molecule has 4 nitrogen and oxygen atoms in total. The van der Waals surface area contributed by atoms with E-state index in [1.165, 1.54) is 17.5 Å². The Bertz CT molecular complexity index is 734. The molecule has 0 spiro atoms. The summed E-state index contributed by atoms with van der Waals surface area (Å²) in [6.45, 7) is 8.21. The summed E-state index contributed by atoms with van der Waals surface area (Å²) in [5, 5.41) is 5.81. The van der Waals surface area contributed by atoms with Gasteiger partial charge < -0.3 is 14.5 Å². The fourth-order valence-electron chi connectivity index (χ4n) is 4.28. The van der Waals surface area contributed by atoms with Gasteiger partial charge in [0, 0.05) is 13.1 Å². The lowest BCUT2D eigenvalue weighted by Gasteiger charge is -2.46. The molecule has 1 fully saturated rings. The topological polar surface area (TPSA) is 47.6 Å². The molecule has 0 aliphatic carbocycles. The van der Waals surface area contributed by atoms with E-state index < -0.39 is 8.32 Å². The number of piperidine rings is 1. The zero-order valence-corrected chi connectivity index (χ0v) is 18.3. The van der Waals surface area contributed by atoms with E-state index in [-0.39, 0.29) is 23.0 Å². The fraction of sp³-hybridized carbons (Fsp3) is 0.435. The van der Waals surface area contributed by atoms with E-state index >= 15 is 0 Å². The molecular formula is C23H31NO3Si. The number of carbonyl (C=O) groups excluding carboxylic acids is 1. The minimum atomic E-state index is -2.60. The van der Waals surface area contributed by atoms with Gasteiger partial charge in [-0.25, -0.2) is 0 Å². The van der Waals surface area contributed by atoms with Gasteiger partial charge in [0.1, 0.15) is 0 Å². The summed E-state index contributed by atoms with van der Waals surface area (Å²) in [6.07, 6.45) is 0.647. The predicted octanol–water partition coefficient (Wildman–Crippen LogP) is 2.71. The van der Waals surface area contributed by atoms with Crippen LogP contribution < -0.4 is 15.7 Å². The predicted molar refractivity (Wildman–Crippen MR) is 115 cm³/mol. The second-order valence-electron chi connectivity index (χ2n) is 8.52. The molecule has 2 aromatic carbocycles. The van der Waals surface area contributed by atoms with Crippen LogP contribution in [-0.4, -0.2) is 40.6 Å². The van der Waals surface area contributed by atoms with Crippen LogP contribution in [0.4, 0.5) is 0 Å². The summed E-state index contributed by atoms with van der Waals surface area (Å²) in [5.74, 6) is -0.329. The van der Waals surface area contributed by atoms with E-state index in [0.717, 1.165) is 6.54 Å². The summed E-state index contributed by atoms with van der Waals surface area (Å²) < 4.78 is 12.1. The van der Waals surface area contributed by atoms with Gasteiger partial charge in [-0.1, -0.05) is 81.4 Å². The first-order chi connectivity index (χ1) is 13.4.